The predicted octanol–water partition coefficient (Wildman–Crippen LogP) is 4.26. The van der Waals surface area contributed by atoms with Crippen LogP contribution in [0.25, 0.3) is 0 Å². The van der Waals surface area contributed by atoms with Crippen LogP contribution in [0.4, 0.5) is 4.79 Å². The van der Waals surface area contributed by atoms with Gasteiger partial charge in [0.05, 0.1) is 5.92 Å². The number of rotatable bonds is 3. The lowest BCUT2D eigenvalue weighted by Crippen LogP contribution is -2.46. The van der Waals surface area contributed by atoms with Gasteiger partial charge < -0.3 is 15.0 Å². The van der Waals surface area contributed by atoms with Crippen LogP contribution < -0.4 is 5.32 Å². The molecule has 25 heavy (non-hydrogen) atoms. The molecular formula is C18H24Cl2N2O3. The zero-order valence-electron chi connectivity index (χ0n) is 14.8. The first kappa shape index (κ1) is 19.9. The Balaban J connectivity index is 1.92. The molecule has 1 N–H and O–H groups in total. The number of nitrogens with one attached hydrogen (secondary N) is 1. The summed E-state index contributed by atoms with van der Waals surface area (Å²) in [5.74, 6) is -0.369. The molecule has 1 saturated heterocycles. The van der Waals surface area contributed by atoms with E-state index in [9.17, 15) is 9.59 Å². The fourth-order valence-corrected chi connectivity index (χ4v) is 3.24. The van der Waals surface area contributed by atoms with Gasteiger partial charge in [-0.2, -0.15) is 0 Å². The van der Waals surface area contributed by atoms with E-state index < -0.39 is 5.60 Å². The van der Waals surface area contributed by atoms with E-state index in [4.69, 9.17) is 27.9 Å². The average Bonchev–Trinajstić information content (AvgIpc) is 2.52. The number of hydrogen-bond acceptors (Lipinski definition) is 3. The number of amides is 2. The van der Waals surface area contributed by atoms with Crippen molar-refractivity contribution in [2.45, 2.75) is 45.8 Å². The molecular weight excluding hydrogens is 363 g/mol. The van der Waals surface area contributed by atoms with Crippen molar-refractivity contribution in [1.82, 2.24) is 10.2 Å². The maximum absolute atomic E-state index is 12.5. The summed E-state index contributed by atoms with van der Waals surface area (Å²) in [5.41, 5.74) is 0.145. The number of nitrogens with zero attached hydrogens (tertiary/aromatic N) is 1. The van der Waals surface area contributed by atoms with Gasteiger partial charge in [-0.3, -0.25) is 4.79 Å². The van der Waals surface area contributed by atoms with Crippen molar-refractivity contribution < 1.29 is 14.3 Å². The molecule has 7 heteroatoms. The number of likely N-dealkylation sites (tertiary alicyclic amines) is 1. The van der Waals surface area contributed by atoms with E-state index in [2.05, 4.69) is 5.32 Å². The molecule has 1 atom stereocenters. The minimum absolute atomic E-state index is 0.107. The summed E-state index contributed by atoms with van der Waals surface area (Å²) in [6.07, 6.45) is 1.13. The van der Waals surface area contributed by atoms with Gasteiger partial charge in [0.25, 0.3) is 0 Å². The summed E-state index contributed by atoms with van der Waals surface area (Å²) in [6.45, 7) is 6.71. The van der Waals surface area contributed by atoms with Gasteiger partial charge in [-0.1, -0.05) is 29.3 Å². The number of carbonyl (C=O) groups excluding carboxylic acids is 2. The molecule has 0 aliphatic carbocycles. The number of ether oxygens (including phenoxy) is 1. The molecule has 0 saturated carbocycles. The van der Waals surface area contributed by atoms with Crippen LogP contribution in [0.5, 0.6) is 0 Å². The van der Waals surface area contributed by atoms with E-state index in [1.807, 2.05) is 20.8 Å². The predicted molar refractivity (Wildman–Crippen MR) is 98.8 cm³/mol. The smallest absolute Gasteiger partial charge is 0.410 e. The van der Waals surface area contributed by atoms with Crippen molar-refractivity contribution in [2.24, 2.45) is 5.92 Å². The maximum Gasteiger partial charge on any atom is 0.410 e. The molecule has 1 heterocycles. The summed E-state index contributed by atoms with van der Waals surface area (Å²) in [7, 11) is 0. The Morgan fingerprint density at radius 2 is 1.92 bits per heavy atom. The van der Waals surface area contributed by atoms with Gasteiger partial charge in [-0.25, -0.2) is 4.79 Å². The Morgan fingerprint density at radius 1 is 1.28 bits per heavy atom. The van der Waals surface area contributed by atoms with Gasteiger partial charge in [0.15, 0.2) is 0 Å². The first-order valence-corrected chi connectivity index (χ1v) is 9.11. The quantitative estimate of drug-likeness (QED) is 0.843. The van der Waals surface area contributed by atoms with E-state index in [0.29, 0.717) is 28.7 Å². The highest BCUT2D eigenvalue weighted by molar-refractivity contribution is 6.36. The molecule has 1 aliphatic rings. The van der Waals surface area contributed by atoms with Gasteiger partial charge in [-0.05, 0) is 45.7 Å². The molecule has 2 amide bonds. The minimum atomic E-state index is -0.549. The normalized spacial score (nSPS) is 18.0. The molecule has 138 valence electrons. The van der Waals surface area contributed by atoms with E-state index in [1.165, 1.54) is 0 Å². The Bertz CT molecular complexity index is 623. The van der Waals surface area contributed by atoms with Crippen LogP contribution in [0, 0.1) is 5.92 Å². The third kappa shape index (κ3) is 5.79. The van der Waals surface area contributed by atoms with Crippen LogP contribution in [-0.2, 0) is 16.1 Å². The maximum atomic E-state index is 12.5. The van der Waals surface area contributed by atoms with E-state index in [-0.39, 0.29) is 24.5 Å². The first-order valence-electron chi connectivity index (χ1n) is 8.36. The average molecular weight is 387 g/mol. The molecule has 0 radical (unpaired) electrons. The Labute approximate surface area is 158 Å². The van der Waals surface area contributed by atoms with E-state index in [1.54, 1.807) is 23.1 Å². The summed E-state index contributed by atoms with van der Waals surface area (Å²) >= 11 is 12.2. The van der Waals surface area contributed by atoms with Crippen molar-refractivity contribution in [1.29, 1.82) is 0 Å². The topological polar surface area (TPSA) is 58.6 Å². The van der Waals surface area contributed by atoms with Crippen molar-refractivity contribution in [3.05, 3.63) is 33.8 Å². The van der Waals surface area contributed by atoms with Crippen LogP contribution in [-0.4, -0.2) is 35.6 Å². The molecule has 0 bridgehead atoms. The zero-order chi connectivity index (χ0) is 18.6. The molecule has 2 rings (SSSR count). The first-order chi connectivity index (χ1) is 11.7. The highest BCUT2D eigenvalue weighted by atomic mass is 35.5. The van der Waals surface area contributed by atoms with Crippen LogP contribution in [0.15, 0.2) is 18.2 Å². The van der Waals surface area contributed by atoms with Gasteiger partial charge in [0, 0.05) is 35.2 Å². The van der Waals surface area contributed by atoms with Gasteiger partial charge >= 0.3 is 6.09 Å². The van der Waals surface area contributed by atoms with Crippen LogP contribution >= 0.6 is 23.2 Å². The highest BCUT2D eigenvalue weighted by Crippen LogP contribution is 2.24. The van der Waals surface area contributed by atoms with Gasteiger partial charge in [0.2, 0.25) is 5.91 Å². The van der Waals surface area contributed by atoms with Gasteiger partial charge in [0.1, 0.15) is 5.60 Å². The second-order valence-electron chi connectivity index (χ2n) is 7.18. The third-order valence-corrected chi connectivity index (χ3v) is 4.65. The highest BCUT2D eigenvalue weighted by Gasteiger charge is 2.31. The SMILES string of the molecule is CC(C)(C)OC(=O)N1CCC[C@@H](C(=O)NCc2c(Cl)cccc2Cl)C1. The standard InChI is InChI=1S/C18H24Cl2N2O3/c1-18(2,3)25-17(24)22-9-5-6-12(11-22)16(23)21-10-13-14(19)7-4-8-15(13)20/h4,7-8,12H,5-6,9-11H2,1-3H3,(H,21,23)/t12-/m1/s1. The fraction of sp³-hybridized carbons (Fsp3) is 0.556. The monoisotopic (exact) mass is 386 g/mol. The van der Waals surface area contributed by atoms with Crippen molar-refractivity contribution in [3.8, 4) is 0 Å². The molecule has 1 fully saturated rings. The lowest BCUT2D eigenvalue weighted by molar-refractivity contribution is -0.126. The van der Waals surface area contributed by atoms with Crippen LogP contribution in [0.2, 0.25) is 10.0 Å². The lowest BCUT2D eigenvalue weighted by atomic mass is 9.97. The number of halogens is 2. The minimum Gasteiger partial charge on any atom is -0.444 e. The van der Waals surface area contributed by atoms with E-state index in [0.717, 1.165) is 12.8 Å². The third-order valence-electron chi connectivity index (χ3n) is 3.94. The molecule has 1 aliphatic heterocycles. The molecule has 5 nitrogen and oxygen atoms in total. The summed E-state index contributed by atoms with van der Waals surface area (Å²) in [4.78, 5) is 26.3. The fourth-order valence-electron chi connectivity index (χ4n) is 2.70. The Morgan fingerprint density at radius 3 is 2.52 bits per heavy atom. The van der Waals surface area contributed by atoms with Crippen molar-refractivity contribution in [2.75, 3.05) is 13.1 Å². The largest absolute Gasteiger partial charge is 0.444 e. The molecule has 1 aromatic rings. The summed E-state index contributed by atoms with van der Waals surface area (Å²) < 4.78 is 5.39. The Hall–Kier alpha value is -1.46. The summed E-state index contributed by atoms with van der Waals surface area (Å²) in [5, 5.41) is 3.91. The second kappa shape index (κ2) is 8.28. The molecule has 0 aromatic heterocycles. The Kier molecular flexibility index (Phi) is 6.58. The molecule has 0 unspecified atom stereocenters. The van der Waals surface area contributed by atoms with Crippen molar-refractivity contribution in [3.63, 3.8) is 0 Å². The number of hydrogen-bond donors (Lipinski definition) is 1. The number of benzene rings is 1. The van der Waals surface area contributed by atoms with Crippen LogP contribution in [0.1, 0.15) is 39.2 Å². The summed E-state index contributed by atoms with van der Waals surface area (Å²) in [6, 6.07) is 5.23. The number of piperidine rings is 1. The van der Waals surface area contributed by atoms with Crippen molar-refractivity contribution >= 4 is 35.2 Å². The lowest BCUT2D eigenvalue weighted by Gasteiger charge is -2.33. The van der Waals surface area contributed by atoms with Crippen LogP contribution in [0.3, 0.4) is 0 Å². The van der Waals surface area contributed by atoms with E-state index >= 15 is 0 Å². The molecule has 1 aromatic carbocycles. The molecule has 0 spiro atoms. The zero-order valence-corrected chi connectivity index (χ0v) is 16.3. The van der Waals surface area contributed by atoms with Gasteiger partial charge in [-0.15, -0.1) is 0 Å². The second-order valence-corrected chi connectivity index (χ2v) is 8.00. The number of carbonyl (C=O) groups is 2.